The molecule has 2 rings (SSSR count). The van der Waals surface area contributed by atoms with Gasteiger partial charge in [-0.3, -0.25) is 4.79 Å². The van der Waals surface area contributed by atoms with Crippen molar-refractivity contribution in [1.29, 1.82) is 0 Å². The van der Waals surface area contributed by atoms with E-state index in [9.17, 15) is 14.0 Å². The van der Waals surface area contributed by atoms with Gasteiger partial charge in [-0.2, -0.15) is 0 Å². The van der Waals surface area contributed by atoms with Crippen LogP contribution in [0, 0.1) is 11.7 Å². The molecule has 0 spiro atoms. The Bertz CT molecular complexity index is 764. The highest BCUT2D eigenvalue weighted by Gasteiger charge is 2.23. The highest BCUT2D eigenvalue weighted by Crippen LogP contribution is 2.22. The molecule has 2 aromatic rings. The number of carbonyl (C=O) groups excluding carboxylic acids is 2. The molecule has 0 aliphatic heterocycles. The van der Waals surface area contributed by atoms with Crippen molar-refractivity contribution in [2.45, 2.75) is 32.7 Å². The molecule has 0 saturated carbocycles. The lowest BCUT2D eigenvalue weighted by atomic mass is 10.0. The maximum Gasteiger partial charge on any atom is 0.407 e. The van der Waals surface area contributed by atoms with Crippen LogP contribution in [0.2, 0.25) is 0 Å². The van der Waals surface area contributed by atoms with Crippen LogP contribution in [0.25, 0.3) is 0 Å². The summed E-state index contributed by atoms with van der Waals surface area (Å²) in [5, 5.41) is 5.68. The van der Waals surface area contributed by atoms with Gasteiger partial charge in [0.2, 0.25) is 5.91 Å². The van der Waals surface area contributed by atoms with Crippen molar-refractivity contribution >= 4 is 28.5 Å². The number of hydrogen-bond acceptors (Lipinski definition) is 5. The van der Waals surface area contributed by atoms with Crippen LogP contribution >= 0.6 is 11.3 Å². The quantitative estimate of drug-likeness (QED) is 0.771. The maximum atomic E-state index is 13.3. The number of ether oxygens (including phenoxy) is 1. The van der Waals surface area contributed by atoms with Gasteiger partial charge >= 0.3 is 6.09 Å². The van der Waals surface area contributed by atoms with Gasteiger partial charge in [-0.25, -0.2) is 14.2 Å². The van der Waals surface area contributed by atoms with E-state index < -0.39 is 12.1 Å². The number of nitrogens with zero attached hydrogens (tertiary/aromatic N) is 1. The van der Waals surface area contributed by atoms with Crippen molar-refractivity contribution in [3.05, 3.63) is 46.7 Å². The van der Waals surface area contributed by atoms with Gasteiger partial charge in [0.25, 0.3) is 0 Å². The number of benzene rings is 1. The Labute approximate surface area is 155 Å². The zero-order chi connectivity index (χ0) is 19.1. The predicted octanol–water partition coefficient (Wildman–Crippen LogP) is 3.58. The van der Waals surface area contributed by atoms with Crippen LogP contribution < -0.4 is 10.6 Å². The van der Waals surface area contributed by atoms with Crippen LogP contribution in [0.1, 0.15) is 30.7 Å². The van der Waals surface area contributed by atoms with E-state index in [-0.39, 0.29) is 17.6 Å². The molecule has 0 radical (unpaired) electrons. The molecule has 0 aliphatic carbocycles. The van der Waals surface area contributed by atoms with Crippen LogP contribution in [0.3, 0.4) is 0 Å². The Morgan fingerprint density at radius 2 is 2.12 bits per heavy atom. The summed E-state index contributed by atoms with van der Waals surface area (Å²) in [6, 6.07) is 5.64. The summed E-state index contributed by atoms with van der Waals surface area (Å²) in [6.45, 7) is 3.92. The molecule has 6 nitrogen and oxygen atoms in total. The first kappa shape index (κ1) is 19.8. The number of methoxy groups -OCH3 is 1. The zero-order valence-electron chi connectivity index (χ0n) is 14.9. The number of aromatic nitrogens is 1. The van der Waals surface area contributed by atoms with Gasteiger partial charge in [0.15, 0.2) is 5.13 Å². The van der Waals surface area contributed by atoms with Gasteiger partial charge in [0.05, 0.1) is 7.11 Å². The maximum absolute atomic E-state index is 13.3. The van der Waals surface area contributed by atoms with Crippen LogP contribution in [0.4, 0.5) is 14.3 Å². The minimum absolute atomic E-state index is 0.211. The van der Waals surface area contributed by atoms with Crippen molar-refractivity contribution in [1.82, 2.24) is 10.3 Å². The van der Waals surface area contributed by atoms with Crippen molar-refractivity contribution in [3.63, 3.8) is 0 Å². The standard InChI is InChI=1S/C18H22FN3O3S/c1-11(2)7-15(21-18(24)25-3)16(23)22-17-20-10-14(26-17)9-12-5-4-6-13(19)8-12/h4-6,8,10-11,15H,7,9H2,1-3H3,(H,21,24)(H,20,22,23). The third kappa shape index (κ3) is 6.11. The molecule has 0 saturated heterocycles. The first-order valence-electron chi connectivity index (χ1n) is 8.22. The Kier molecular flexibility index (Phi) is 7.08. The predicted molar refractivity (Wildman–Crippen MR) is 98.7 cm³/mol. The molecule has 1 atom stereocenters. The first-order valence-corrected chi connectivity index (χ1v) is 9.03. The van der Waals surface area contributed by atoms with E-state index in [4.69, 9.17) is 0 Å². The Hall–Kier alpha value is -2.48. The lowest BCUT2D eigenvalue weighted by Crippen LogP contribution is -2.44. The molecule has 1 aromatic heterocycles. The number of anilines is 1. The number of thiazole rings is 1. The smallest absolute Gasteiger partial charge is 0.407 e. The third-order valence-electron chi connectivity index (χ3n) is 3.55. The fraction of sp³-hybridized carbons (Fsp3) is 0.389. The third-order valence-corrected chi connectivity index (χ3v) is 4.46. The van der Waals surface area contributed by atoms with E-state index in [0.29, 0.717) is 18.0 Å². The van der Waals surface area contributed by atoms with E-state index in [1.54, 1.807) is 12.3 Å². The number of carbonyl (C=O) groups is 2. The van der Waals surface area contributed by atoms with Crippen LogP contribution in [0.5, 0.6) is 0 Å². The number of hydrogen-bond donors (Lipinski definition) is 2. The molecule has 1 heterocycles. The normalized spacial score (nSPS) is 11.9. The first-order chi connectivity index (χ1) is 12.4. The molecule has 2 amide bonds. The van der Waals surface area contributed by atoms with E-state index >= 15 is 0 Å². The average Bonchev–Trinajstić information content (AvgIpc) is 3.00. The molecule has 1 unspecified atom stereocenters. The average molecular weight is 379 g/mol. The minimum atomic E-state index is -0.710. The van der Waals surface area contributed by atoms with Gasteiger partial charge in [-0.1, -0.05) is 26.0 Å². The summed E-state index contributed by atoms with van der Waals surface area (Å²) < 4.78 is 17.8. The lowest BCUT2D eigenvalue weighted by molar-refractivity contribution is -0.118. The summed E-state index contributed by atoms with van der Waals surface area (Å²) in [5.74, 6) is -0.426. The second-order valence-electron chi connectivity index (χ2n) is 6.25. The minimum Gasteiger partial charge on any atom is -0.453 e. The highest BCUT2D eigenvalue weighted by molar-refractivity contribution is 7.15. The number of rotatable bonds is 7. The largest absolute Gasteiger partial charge is 0.453 e. The summed E-state index contributed by atoms with van der Waals surface area (Å²) >= 11 is 1.31. The van der Waals surface area contributed by atoms with Gasteiger partial charge in [-0.05, 0) is 30.0 Å². The van der Waals surface area contributed by atoms with Gasteiger partial charge < -0.3 is 15.4 Å². The molecule has 0 fully saturated rings. The molecule has 8 heteroatoms. The molecule has 0 bridgehead atoms. The van der Waals surface area contributed by atoms with Crippen molar-refractivity contribution in [3.8, 4) is 0 Å². The Balaban J connectivity index is 2.01. The molecule has 26 heavy (non-hydrogen) atoms. The molecule has 0 aliphatic rings. The fourth-order valence-corrected chi connectivity index (χ4v) is 3.24. The van der Waals surface area contributed by atoms with Crippen molar-refractivity contribution in [2.24, 2.45) is 5.92 Å². The van der Waals surface area contributed by atoms with Gasteiger partial charge in [0.1, 0.15) is 11.9 Å². The van der Waals surface area contributed by atoms with E-state index in [2.05, 4.69) is 20.4 Å². The number of halogens is 1. The van der Waals surface area contributed by atoms with E-state index in [1.165, 1.54) is 30.6 Å². The van der Waals surface area contributed by atoms with Crippen LogP contribution in [-0.2, 0) is 16.0 Å². The summed E-state index contributed by atoms with van der Waals surface area (Å²) in [4.78, 5) is 29.0. The lowest BCUT2D eigenvalue weighted by Gasteiger charge is -2.18. The molecular formula is C18H22FN3O3S. The molecule has 2 N–H and O–H groups in total. The highest BCUT2D eigenvalue weighted by atomic mass is 32.1. The topological polar surface area (TPSA) is 80.3 Å². The van der Waals surface area contributed by atoms with Crippen LogP contribution in [0.15, 0.2) is 30.5 Å². The molecular weight excluding hydrogens is 357 g/mol. The number of nitrogens with one attached hydrogen (secondary N) is 2. The summed E-state index contributed by atoms with van der Waals surface area (Å²) in [6.07, 6.45) is 2.00. The van der Waals surface area contributed by atoms with Crippen molar-refractivity contribution < 1.29 is 18.7 Å². The number of amides is 2. The van der Waals surface area contributed by atoms with Gasteiger partial charge in [-0.15, -0.1) is 11.3 Å². The summed E-state index contributed by atoms with van der Waals surface area (Å²) in [5.41, 5.74) is 0.830. The Morgan fingerprint density at radius 1 is 1.35 bits per heavy atom. The number of alkyl carbamates (subject to hydrolysis) is 1. The molecule has 140 valence electrons. The fourth-order valence-electron chi connectivity index (χ4n) is 2.39. The monoisotopic (exact) mass is 379 g/mol. The van der Waals surface area contributed by atoms with E-state index in [0.717, 1.165) is 10.4 Å². The summed E-state index contributed by atoms with van der Waals surface area (Å²) in [7, 11) is 1.25. The van der Waals surface area contributed by atoms with Gasteiger partial charge in [0, 0.05) is 17.5 Å². The Morgan fingerprint density at radius 3 is 2.77 bits per heavy atom. The second kappa shape index (κ2) is 9.28. The van der Waals surface area contributed by atoms with Crippen molar-refractivity contribution in [2.75, 3.05) is 12.4 Å². The second-order valence-corrected chi connectivity index (χ2v) is 7.36. The molecule has 1 aromatic carbocycles. The zero-order valence-corrected chi connectivity index (χ0v) is 15.7. The van der Waals surface area contributed by atoms with Crippen LogP contribution in [-0.4, -0.2) is 30.1 Å². The van der Waals surface area contributed by atoms with E-state index in [1.807, 2.05) is 19.9 Å². The SMILES string of the molecule is COC(=O)NC(CC(C)C)C(=O)Nc1ncc(Cc2cccc(F)c2)s1.